The van der Waals surface area contributed by atoms with Crippen molar-refractivity contribution in [1.82, 2.24) is 19.4 Å². The average Bonchev–Trinajstić information content (AvgIpc) is 3.50. The molecule has 4 aromatic rings. The summed E-state index contributed by atoms with van der Waals surface area (Å²) in [4.78, 5) is 22.5. The maximum absolute atomic E-state index is 15.2. The first-order valence-corrected chi connectivity index (χ1v) is 15.7. The lowest BCUT2D eigenvalue weighted by atomic mass is 9.70. The number of hydrogen-bond acceptors (Lipinski definition) is 3. The molecule has 42 heavy (non-hydrogen) atoms. The van der Waals surface area contributed by atoms with Gasteiger partial charge in [0.1, 0.15) is 5.82 Å². The van der Waals surface area contributed by atoms with Gasteiger partial charge in [0.15, 0.2) is 0 Å². The molecule has 2 bridgehead atoms. The first-order chi connectivity index (χ1) is 20.5. The van der Waals surface area contributed by atoms with Crippen molar-refractivity contribution in [3.8, 4) is 0 Å². The first-order valence-electron chi connectivity index (χ1n) is 15.7. The molecule has 0 N–H and O–H groups in total. The number of piperidine rings is 2. The van der Waals surface area contributed by atoms with Gasteiger partial charge in [-0.25, -0.2) is 9.37 Å². The summed E-state index contributed by atoms with van der Waals surface area (Å²) in [7, 11) is 0. The highest BCUT2D eigenvalue weighted by Gasteiger charge is 2.44. The van der Waals surface area contributed by atoms with E-state index in [9.17, 15) is 4.79 Å². The van der Waals surface area contributed by atoms with Crippen LogP contribution in [0.1, 0.15) is 74.1 Å². The average molecular weight is 565 g/mol. The summed E-state index contributed by atoms with van der Waals surface area (Å²) in [6.07, 6.45) is 6.11. The predicted octanol–water partition coefficient (Wildman–Crippen LogP) is 7.17. The molecule has 3 aliphatic heterocycles. The molecule has 3 aromatic carbocycles. The standard InChI is InChI=1S/C36H41FN4O/c1-26-38-32-14-8-9-15-33(32)41(26)31-24-29-16-17-30(25-31)40(29)23-20-36(28-12-6-3-7-13-28)18-21-39(22-19-36)35(42)34(37)27-10-4-2-5-11-27/h2-15,29-31,34H,16-25H2,1H3/t29-,30+,31?,34?. The number of likely N-dealkylation sites (tertiary alicyclic amines) is 1. The van der Waals surface area contributed by atoms with Crippen LogP contribution in [0.5, 0.6) is 0 Å². The number of para-hydroxylation sites is 2. The van der Waals surface area contributed by atoms with Gasteiger partial charge in [0, 0.05) is 31.2 Å². The highest BCUT2D eigenvalue weighted by molar-refractivity contribution is 5.82. The zero-order chi connectivity index (χ0) is 28.7. The second-order valence-corrected chi connectivity index (χ2v) is 12.8. The van der Waals surface area contributed by atoms with Crippen LogP contribution in [-0.4, -0.2) is 57.0 Å². The van der Waals surface area contributed by atoms with Crippen LogP contribution in [0.25, 0.3) is 11.0 Å². The minimum Gasteiger partial charge on any atom is -0.340 e. The molecule has 0 spiro atoms. The van der Waals surface area contributed by atoms with Crippen LogP contribution in [0.4, 0.5) is 4.39 Å². The van der Waals surface area contributed by atoms with Crippen molar-refractivity contribution >= 4 is 16.9 Å². The topological polar surface area (TPSA) is 41.4 Å². The van der Waals surface area contributed by atoms with Crippen LogP contribution in [0.2, 0.25) is 0 Å². The Morgan fingerprint density at radius 1 is 0.881 bits per heavy atom. The van der Waals surface area contributed by atoms with Crippen molar-refractivity contribution < 1.29 is 9.18 Å². The second kappa shape index (κ2) is 11.3. The number of halogens is 1. The lowest BCUT2D eigenvalue weighted by molar-refractivity contribution is -0.138. The van der Waals surface area contributed by atoms with E-state index in [1.165, 1.54) is 36.8 Å². The number of hydrogen-bond donors (Lipinski definition) is 0. The quantitative estimate of drug-likeness (QED) is 0.239. The van der Waals surface area contributed by atoms with Crippen LogP contribution >= 0.6 is 0 Å². The maximum atomic E-state index is 15.2. The van der Waals surface area contributed by atoms with Gasteiger partial charge in [0.2, 0.25) is 6.17 Å². The third-order valence-electron chi connectivity index (χ3n) is 10.6. The minimum absolute atomic E-state index is 0.00399. The molecule has 3 fully saturated rings. The van der Waals surface area contributed by atoms with Gasteiger partial charge in [-0.05, 0) is 87.1 Å². The summed E-state index contributed by atoms with van der Waals surface area (Å²) in [6, 6.07) is 29.9. The Labute approximate surface area is 248 Å². The molecule has 218 valence electrons. The molecule has 6 heteroatoms. The van der Waals surface area contributed by atoms with E-state index < -0.39 is 12.1 Å². The fraction of sp³-hybridized carbons (Fsp3) is 0.444. The van der Waals surface area contributed by atoms with E-state index in [1.807, 2.05) is 6.07 Å². The van der Waals surface area contributed by atoms with Crippen molar-refractivity contribution in [2.45, 2.75) is 81.6 Å². The van der Waals surface area contributed by atoms with Crippen molar-refractivity contribution in [3.05, 3.63) is 102 Å². The maximum Gasteiger partial charge on any atom is 0.261 e. The number of carbonyl (C=O) groups is 1. The molecule has 4 heterocycles. The van der Waals surface area contributed by atoms with Gasteiger partial charge in [-0.2, -0.15) is 0 Å². The van der Waals surface area contributed by atoms with Gasteiger partial charge in [-0.3, -0.25) is 9.69 Å². The van der Waals surface area contributed by atoms with Gasteiger partial charge in [-0.15, -0.1) is 0 Å². The number of imidazole rings is 1. The number of amides is 1. The molecule has 4 atom stereocenters. The van der Waals surface area contributed by atoms with Crippen LogP contribution in [0.15, 0.2) is 84.9 Å². The molecular formula is C36H41FN4O. The van der Waals surface area contributed by atoms with Crippen molar-refractivity contribution in [2.24, 2.45) is 0 Å². The molecular weight excluding hydrogens is 523 g/mol. The summed E-state index contributed by atoms with van der Waals surface area (Å²) >= 11 is 0. The molecule has 7 rings (SSSR count). The lowest BCUT2D eigenvalue weighted by Gasteiger charge is -2.46. The normalized spacial score (nSPS) is 24.6. The number of fused-ring (bicyclic) bond motifs is 3. The summed E-state index contributed by atoms with van der Waals surface area (Å²) in [5.74, 6) is 0.728. The smallest absolute Gasteiger partial charge is 0.261 e. The van der Waals surface area contributed by atoms with Gasteiger partial charge in [0.05, 0.1) is 11.0 Å². The number of alkyl halides is 1. The molecule has 3 aliphatic rings. The van der Waals surface area contributed by atoms with Crippen LogP contribution in [0, 0.1) is 6.92 Å². The van der Waals surface area contributed by atoms with Crippen LogP contribution < -0.4 is 0 Å². The Morgan fingerprint density at radius 2 is 1.50 bits per heavy atom. The fourth-order valence-corrected chi connectivity index (χ4v) is 8.35. The minimum atomic E-state index is -1.59. The van der Waals surface area contributed by atoms with Gasteiger partial charge in [0.25, 0.3) is 5.91 Å². The fourth-order valence-electron chi connectivity index (χ4n) is 8.35. The summed E-state index contributed by atoms with van der Waals surface area (Å²) in [5, 5.41) is 0. The van der Waals surface area contributed by atoms with Gasteiger partial charge in [-0.1, -0.05) is 72.8 Å². The summed E-state index contributed by atoms with van der Waals surface area (Å²) < 4.78 is 17.7. The molecule has 0 saturated carbocycles. The van der Waals surface area contributed by atoms with E-state index in [-0.39, 0.29) is 5.41 Å². The second-order valence-electron chi connectivity index (χ2n) is 12.8. The van der Waals surface area contributed by atoms with Crippen molar-refractivity contribution in [1.29, 1.82) is 0 Å². The van der Waals surface area contributed by atoms with Crippen molar-refractivity contribution in [2.75, 3.05) is 19.6 Å². The largest absolute Gasteiger partial charge is 0.340 e. The Hall–Kier alpha value is -3.51. The predicted molar refractivity (Wildman–Crippen MR) is 165 cm³/mol. The van der Waals surface area contributed by atoms with Gasteiger partial charge < -0.3 is 9.47 Å². The number of aromatic nitrogens is 2. The number of nitrogens with zero attached hydrogens (tertiary/aromatic N) is 4. The van der Waals surface area contributed by atoms with Crippen LogP contribution in [0.3, 0.4) is 0 Å². The molecule has 5 nitrogen and oxygen atoms in total. The van der Waals surface area contributed by atoms with E-state index in [4.69, 9.17) is 4.98 Å². The molecule has 2 unspecified atom stereocenters. The zero-order valence-corrected chi connectivity index (χ0v) is 24.5. The SMILES string of the molecule is Cc1nc2ccccc2n1C1C[C@H]2CC[C@@H](C1)N2CCC1(c2ccccc2)CCN(C(=O)C(F)c2ccccc2)CC1. The third kappa shape index (κ3) is 4.94. The zero-order valence-electron chi connectivity index (χ0n) is 24.5. The lowest BCUT2D eigenvalue weighted by Crippen LogP contribution is -2.49. The molecule has 3 saturated heterocycles. The molecule has 0 radical (unpaired) electrons. The van der Waals surface area contributed by atoms with E-state index >= 15 is 4.39 Å². The Morgan fingerprint density at radius 3 is 2.19 bits per heavy atom. The highest BCUT2D eigenvalue weighted by Crippen LogP contribution is 2.45. The molecule has 1 aromatic heterocycles. The number of aryl methyl sites for hydroxylation is 1. The third-order valence-corrected chi connectivity index (χ3v) is 10.6. The number of rotatable bonds is 7. The number of benzene rings is 3. The Bertz CT molecular complexity index is 1510. The first kappa shape index (κ1) is 27.3. The highest BCUT2D eigenvalue weighted by atomic mass is 19.1. The monoisotopic (exact) mass is 564 g/mol. The Kier molecular flexibility index (Phi) is 7.35. The molecule has 1 amide bonds. The van der Waals surface area contributed by atoms with E-state index in [1.54, 1.807) is 29.2 Å². The van der Waals surface area contributed by atoms with E-state index in [2.05, 4.69) is 71.0 Å². The Balaban J connectivity index is 1.05. The summed E-state index contributed by atoms with van der Waals surface area (Å²) in [5.41, 5.74) is 4.17. The number of carbonyl (C=O) groups excluding carboxylic acids is 1. The van der Waals surface area contributed by atoms with Crippen LogP contribution in [-0.2, 0) is 10.2 Å². The van der Waals surface area contributed by atoms with Gasteiger partial charge >= 0.3 is 0 Å². The molecule has 0 aliphatic carbocycles. The van der Waals surface area contributed by atoms with Crippen molar-refractivity contribution in [3.63, 3.8) is 0 Å². The van der Waals surface area contributed by atoms with E-state index in [0.29, 0.717) is 36.8 Å². The summed E-state index contributed by atoms with van der Waals surface area (Å²) in [6.45, 7) is 4.43. The van der Waals surface area contributed by atoms with E-state index in [0.717, 1.165) is 37.1 Å².